The summed E-state index contributed by atoms with van der Waals surface area (Å²) in [5.74, 6) is -0.222. The van der Waals surface area contributed by atoms with Crippen molar-refractivity contribution >= 4 is 15.9 Å². The molecule has 0 unspecified atom stereocenters. The van der Waals surface area contributed by atoms with Crippen molar-refractivity contribution in [3.8, 4) is 0 Å². The molecule has 0 aromatic carbocycles. The van der Waals surface area contributed by atoms with Crippen molar-refractivity contribution in [1.29, 1.82) is 0 Å². The van der Waals surface area contributed by atoms with E-state index in [0.29, 0.717) is 13.1 Å². The molecule has 2 aromatic rings. The second kappa shape index (κ2) is 6.97. The van der Waals surface area contributed by atoms with Gasteiger partial charge in [0.2, 0.25) is 10.0 Å². The fourth-order valence-electron chi connectivity index (χ4n) is 2.90. The van der Waals surface area contributed by atoms with Crippen LogP contribution in [0.1, 0.15) is 47.7 Å². The zero-order valence-electron chi connectivity index (χ0n) is 14.2. The number of pyridine rings is 1. The third-order valence-corrected chi connectivity index (χ3v) is 6.34. The predicted octanol–water partition coefficient (Wildman–Crippen LogP) is 2.26. The summed E-state index contributed by atoms with van der Waals surface area (Å²) in [5, 5.41) is 2.81. The Morgan fingerprint density at radius 1 is 1.28 bits per heavy atom. The number of nitrogens with one attached hydrogen (secondary N) is 1. The minimum atomic E-state index is -3.61. The number of carbonyl (C=O) groups is 1. The van der Waals surface area contributed by atoms with E-state index in [1.165, 1.54) is 10.4 Å². The molecular formula is C17H21N3O4S. The van der Waals surface area contributed by atoms with E-state index in [4.69, 9.17) is 4.42 Å². The Labute approximate surface area is 147 Å². The Morgan fingerprint density at radius 2 is 1.92 bits per heavy atom. The highest BCUT2D eigenvalue weighted by atomic mass is 32.2. The number of furan rings is 1. The van der Waals surface area contributed by atoms with Crippen LogP contribution in [0.3, 0.4) is 0 Å². The number of carbonyl (C=O) groups excluding carboxylic acids is 1. The smallest absolute Gasteiger partial charge is 0.287 e. The average molecular weight is 363 g/mol. The van der Waals surface area contributed by atoms with Crippen molar-refractivity contribution in [2.24, 2.45) is 0 Å². The van der Waals surface area contributed by atoms with Crippen LogP contribution in [0.15, 0.2) is 39.9 Å². The van der Waals surface area contributed by atoms with E-state index < -0.39 is 15.9 Å². The minimum Gasteiger partial charge on any atom is -0.455 e. The number of nitrogens with zero attached hydrogens (tertiary/aromatic N) is 2. The van der Waals surface area contributed by atoms with Crippen LogP contribution in [-0.4, -0.2) is 36.7 Å². The average Bonchev–Trinajstić information content (AvgIpc) is 3.25. The van der Waals surface area contributed by atoms with E-state index in [2.05, 4.69) is 10.3 Å². The largest absolute Gasteiger partial charge is 0.455 e. The first-order chi connectivity index (χ1) is 11.9. The highest BCUT2D eigenvalue weighted by Gasteiger charge is 2.31. The SMILES string of the molecule is Cc1oc(C(=O)N[C@H](C)c2ccncc2)cc1S(=O)(=O)N1CCCC1. The van der Waals surface area contributed by atoms with Gasteiger partial charge in [-0.3, -0.25) is 9.78 Å². The van der Waals surface area contributed by atoms with Gasteiger partial charge >= 0.3 is 0 Å². The first kappa shape index (κ1) is 17.6. The van der Waals surface area contributed by atoms with Gasteiger partial charge in [0, 0.05) is 31.5 Å². The molecule has 1 atom stereocenters. The van der Waals surface area contributed by atoms with Gasteiger partial charge in [-0.1, -0.05) is 0 Å². The molecule has 0 saturated carbocycles. The van der Waals surface area contributed by atoms with E-state index in [-0.39, 0.29) is 22.5 Å². The third-order valence-electron chi connectivity index (χ3n) is 4.33. The van der Waals surface area contributed by atoms with E-state index in [1.807, 2.05) is 19.1 Å². The van der Waals surface area contributed by atoms with Gasteiger partial charge in [0.15, 0.2) is 5.76 Å². The Bertz CT molecular complexity index is 855. The molecule has 3 heterocycles. The van der Waals surface area contributed by atoms with Crippen LogP contribution in [0.5, 0.6) is 0 Å². The molecule has 0 bridgehead atoms. The lowest BCUT2D eigenvalue weighted by atomic mass is 10.1. The standard InChI is InChI=1S/C17H21N3O4S/c1-12(14-5-7-18-8-6-14)19-17(21)15-11-16(13(2)24-15)25(22,23)20-9-3-4-10-20/h5-8,11-12H,3-4,9-10H2,1-2H3,(H,19,21)/t12-/m1/s1. The van der Waals surface area contributed by atoms with Crippen LogP contribution in [0.2, 0.25) is 0 Å². The van der Waals surface area contributed by atoms with E-state index >= 15 is 0 Å². The molecule has 1 fully saturated rings. The lowest BCUT2D eigenvalue weighted by Crippen LogP contribution is -2.28. The minimum absolute atomic E-state index is 0.00354. The van der Waals surface area contributed by atoms with Gasteiger partial charge in [-0.05, 0) is 44.4 Å². The van der Waals surface area contributed by atoms with Crippen molar-refractivity contribution in [2.75, 3.05) is 13.1 Å². The van der Waals surface area contributed by atoms with Gasteiger partial charge in [-0.15, -0.1) is 0 Å². The Hall–Kier alpha value is -2.19. The Balaban J connectivity index is 1.79. The molecule has 0 aliphatic carbocycles. The quantitative estimate of drug-likeness (QED) is 0.880. The zero-order valence-corrected chi connectivity index (χ0v) is 15.0. The molecule has 8 heteroatoms. The van der Waals surface area contributed by atoms with Crippen molar-refractivity contribution in [3.05, 3.63) is 47.7 Å². The molecule has 2 aromatic heterocycles. The number of rotatable bonds is 5. The van der Waals surface area contributed by atoms with Crippen LogP contribution in [0.25, 0.3) is 0 Å². The molecule has 25 heavy (non-hydrogen) atoms. The molecule has 7 nitrogen and oxygen atoms in total. The molecule has 0 spiro atoms. The number of sulfonamides is 1. The van der Waals surface area contributed by atoms with E-state index in [9.17, 15) is 13.2 Å². The van der Waals surface area contributed by atoms with Crippen molar-refractivity contribution in [1.82, 2.24) is 14.6 Å². The highest BCUT2D eigenvalue weighted by Crippen LogP contribution is 2.26. The molecule has 1 N–H and O–H groups in total. The van der Waals surface area contributed by atoms with Gasteiger partial charge in [-0.2, -0.15) is 4.31 Å². The lowest BCUT2D eigenvalue weighted by Gasteiger charge is -2.14. The monoisotopic (exact) mass is 363 g/mol. The topological polar surface area (TPSA) is 92.5 Å². The fourth-order valence-corrected chi connectivity index (χ4v) is 4.58. The number of aromatic nitrogens is 1. The number of hydrogen-bond donors (Lipinski definition) is 1. The van der Waals surface area contributed by atoms with E-state index in [0.717, 1.165) is 18.4 Å². The first-order valence-corrected chi connectivity index (χ1v) is 9.65. The maximum Gasteiger partial charge on any atom is 0.287 e. The number of amides is 1. The Kier molecular flexibility index (Phi) is 4.91. The molecule has 1 aliphatic heterocycles. The number of aryl methyl sites for hydroxylation is 1. The summed E-state index contributed by atoms with van der Waals surface area (Å²) in [6.07, 6.45) is 5.01. The summed E-state index contributed by atoms with van der Waals surface area (Å²) >= 11 is 0. The summed E-state index contributed by atoms with van der Waals surface area (Å²) in [6.45, 7) is 4.41. The van der Waals surface area contributed by atoms with Crippen LogP contribution in [0, 0.1) is 6.92 Å². The summed E-state index contributed by atoms with van der Waals surface area (Å²) < 4.78 is 32.2. The predicted molar refractivity (Wildman–Crippen MR) is 91.6 cm³/mol. The van der Waals surface area contributed by atoms with Gasteiger partial charge < -0.3 is 9.73 Å². The maximum absolute atomic E-state index is 12.7. The second-order valence-electron chi connectivity index (χ2n) is 6.12. The summed E-state index contributed by atoms with van der Waals surface area (Å²) in [4.78, 5) is 16.4. The van der Waals surface area contributed by atoms with Gasteiger partial charge in [0.25, 0.3) is 5.91 Å². The fraction of sp³-hybridized carbons (Fsp3) is 0.412. The maximum atomic E-state index is 12.7. The lowest BCUT2D eigenvalue weighted by molar-refractivity contribution is 0.0910. The normalized spacial score (nSPS) is 16.7. The molecular weight excluding hydrogens is 342 g/mol. The van der Waals surface area contributed by atoms with Gasteiger partial charge in [0.1, 0.15) is 10.7 Å². The molecule has 3 rings (SSSR count). The van der Waals surface area contributed by atoms with Crippen LogP contribution in [0.4, 0.5) is 0 Å². The summed E-state index contributed by atoms with van der Waals surface area (Å²) in [6, 6.07) is 4.68. The Morgan fingerprint density at radius 3 is 2.56 bits per heavy atom. The van der Waals surface area contributed by atoms with E-state index in [1.54, 1.807) is 19.3 Å². The molecule has 1 saturated heterocycles. The third kappa shape index (κ3) is 3.59. The zero-order chi connectivity index (χ0) is 18.0. The van der Waals surface area contributed by atoms with Crippen molar-refractivity contribution < 1.29 is 17.6 Å². The highest BCUT2D eigenvalue weighted by molar-refractivity contribution is 7.89. The van der Waals surface area contributed by atoms with Crippen LogP contribution in [-0.2, 0) is 10.0 Å². The molecule has 0 radical (unpaired) electrons. The van der Waals surface area contributed by atoms with Crippen molar-refractivity contribution in [3.63, 3.8) is 0 Å². The van der Waals surface area contributed by atoms with Crippen LogP contribution < -0.4 is 5.32 Å². The van der Waals surface area contributed by atoms with Crippen LogP contribution >= 0.6 is 0 Å². The molecule has 134 valence electrons. The van der Waals surface area contributed by atoms with Crippen molar-refractivity contribution in [2.45, 2.75) is 37.6 Å². The second-order valence-corrected chi connectivity index (χ2v) is 8.02. The first-order valence-electron chi connectivity index (χ1n) is 8.21. The summed E-state index contributed by atoms with van der Waals surface area (Å²) in [7, 11) is -3.61. The number of hydrogen-bond acceptors (Lipinski definition) is 5. The van der Waals surface area contributed by atoms with Gasteiger partial charge in [0.05, 0.1) is 6.04 Å². The summed E-state index contributed by atoms with van der Waals surface area (Å²) in [5.41, 5.74) is 0.900. The van der Waals surface area contributed by atoms with Gasteiger partial charge in [-0.25, -0.2) is 8.42 Å². The molecule has 1 aliphatic rings. The molecule has 1 amide bonds.